The third-order valence-electron chi connectivity index (χ3n) is 1.77. The molecule has 0 aliphatic rings. The van der Waals surface area contributed by atoms with E-state index in [1.165, 1.54) is 18.2 Å². The van der Waals surface area contributed by atoms with Crippen LogP contribution in [-0.2, 0) is 9.53 Å². The van der Waals surface area contributed by atoms with Crippen LogP contribution >= 0.6 is 11.6 Å². The van der Waals surface area contributed by atoms with Crippen molar-refractivity contribution in [3.8, 4) is 0 Å². The first kappa shape index (κ1) is 13.8. The van der Waals surface area contributed by atoms with Crippen LogP contribution in [0, 0.1) is 5.82 Å². The second kappa shape index (κ2) is 5.36. The van der Waals surface area contributed by atoms with Gasteiger partial charge in [-0.15, -0.1) is 0 Å². The summed E-state index contributed by atoms with van der Waals surface area (Å²) in [5.74, 6) is -0.908. The Balaban J connectivity index is 2.56. The van der Waals surface area contributed by atoms with E-state index in [0.29, 0.717) is 5.02 Å². The van der Waals surface area contributed by atoms with Crippen molar-refractivity contribution in [3.05, 3.63) is 29.0 Å². The number of rotatable bonds is 3. The van der Waals surface area contributed by atoms with Gasteiger partial charge in [-0.3, -0.25) is 4.79 Å². The normalized spacial score (nSPS) is 11.1. The molecule has 0 saturated heterocycles. The van der Waals surface area contributed by atoms with Gasteiger partial charge >= 0.3 is 5.97 Å². The topological polar surface area (TPSA) is 38.3 Å². The molecule has 17 heavy (non-hydrogen) atoms. The van der Waals surface area contributed by atoms with Crippen LogP contribution in [0.2, 0.25) is 5.02 Å². The highest BCUT2D eigenvalue weighted by Gasteiger charge is 2.16. The number of carbonyl (C=O) groups excluding carboxylic acids is 1. The van der Waals surface area contributed by atoms with E-state index in [0.717, 1.165) is 0 Å². The monoisotopic (exact) mass is 259 g/mol. The van der Waals surface area contributed by atoms with E-state index in [-0.39, 0.29) is 12.2 Å². The van der Waals surface area contributed by atoms with Gasteiger partial charge in [0.2, 0.25) is 0 Å². The smallest absolute Gasteiger partial charge is 0.325 e. The molecule has 0 aromatic heterocycles. The molecule has 0 radical (unpaired) electrons. The van der Waals surface area contributed by atoms with E-state index < -0.39 is 17.4 Å². The quantitative estimate of drug-likeness (QED) is 0.847. The number of benzene rings is 1. The van der Waals surface area contributed by atoms with Crippen molar-refractivity contribution in [2.24, 2.45) is 0 Å². The molecule has 0 aliphatic heterocycles. The first-order chi connectivity index (χ1) is 7.78. The third-order valence-corrected chi connectivity index (χ3v) is 2.01. The van der Waals surface area contributed by atoms with Gasteiger partial charge in [-0.25, -0.2) is 4.39 Å². The number of hydrogen-bond donors (Lipinski definition) is 1. The number of hydrogen-bond acceptors (Lipinski definition) is 3. The maximum Gasteiger partial charge on any atom is 0.325 e. The molecule has 0 bridgehead atoms. The Morgan fingerprint density at radius 1 is 1.47 bits per heavy atom. The largest absolute Gasteiger partial charge is 0.459 e. The molecule has 1 aromatic rings. The standard InChI is InChI=1S/C12H15ClFNO2/c1-12(2,3)17-11(16)7-15-10-6-8(13)4-5-9(10)14/h4-6,15H,7H2,1-3H3. The van der Waals surface area contributed by atoms with Crippen molar-refractivity contribution in [1.29, 1.82) is 0 Å². The number of anilines is 1. The summed E-state index contributed by atoms with van der Waals surface area (Å²) in [6.07, 6.45) is 0. The maximum atomic E-state index is 13.3. The van der Waals surface area contributed by atoms with Gasteiger partial charge in [-0.1, -0.05) is 11.6 Å². The number of halogens is 2. The molecule has 0 heterocycles. The Morgan fingerprint density at radius 2 is 2.12 bits per heavy atom. The summed E-state index contributed by atoms with van der Waals surface area (Å²) in [5.41, 5.74) is -0.366. The lowest BCUT2D eigenvalue weighted by Crippen LogP contribution is -2.28. The fourth-order valence-electron chi connectivity index (χ4n) is 1.18. The Kier molecular flexibility index (Phi) is 4.34. The van der Waals surface area contributed by atoms with Crippen LogP contribution in [0.3, 0.4) is 0 Å². The molecule has 0 saturated carbocycles. The average molecular weight is 260 g/mol. The summed E-state index contributed by atoms with van der Waals surface area (Å²) in [7, 11) is 0. The van der Waals surface area contributed by atoms with Gasteiger partial charge in [0.05, 0.1) is 5.69 Å². The fourth-order valence-corrected chi connectivity index (χ4v) is 1.35. The molecule has 1 aromatic carbocycles. The predicted molar refractivity (Wildman–Crippen MR) is 65.7 cm³/mol. The van der Waals surface area contributed by atoms with Crippen molar-refractivity contribution < 1.29 is 13.9 Å². The zero-order valence-corrected chi connectivity index (χ0v) is 10.8. The van der Waals surface area contributed by atoms with Crippen LogP contribution in [0.15, 0.2) is 18.2 Å². The molecule has 94 valence electrons. The van der Waals surface area contributed by atoms with Crippen molar-refractivity contribution in [3.63, 3.8) is 0 Å². The number of nitrogens with one attached hydrogen (secondary N) is 1. The molecule has 0 spiro atoms. The molecule has 0 fully saturated rings. The molecule has 0 aliphatic carbocycles. The van der Waals surface area contributed by atoms with Crippen LogP contribution in [0.5, 0.6) is 0 Å². The second-order valence-corrected chi connectivity index (χ2v) is 5.00. The Bertz CT molecular complexity index is 415. The van der Waals surface area contributed by atoms with Gasteiger partial charge in [0.25, 0.3) is 0 Å². The fraction of sp³-hybridized carbons (Fsp3) is 0.417. The minimum atomic E-state index is -0.550. The van der Waals surface area contributed by atoms with Gasteiger partial charge in [0.15, 0.2) is 0 Å². The van der Waals surface area contributed by atoms with E-state index in [4.69, 9.17) is 16.3 Å². The van der Waals surface area contributed by atoms with E-state index in [9.17, 15) is 9.18 Å². The summed E-state index contributed by atoms with van der Waals surface area (Å²) in [5, 5.41) is 3.04. The lowest BCUT2D eigenvalue weighted by atomic mass is 10.2. The highest BCUT2D eigenvalue weighted by atomic mass is 35.5. The minimum absolute atomic E-state index is 0.103. The van der Waals surface area contributed by atoms with Crippen molar-refractivity contribution in [1.82, 2.24) is 0 Å². The number of carbonyl (C=O) groups is 1. The number of esters is 1. The first-order valence-corrected chi connectivity index (χ1v) is 5.56. The van der Waals surface area contributed by atoms with Crippen molar-refractivity contribution in [2.75, 3.05) is 11.9 Å². The van der Waals surface area contributed by atoms with Crippen LogP contribution < -0.4 is 5.32 Å². The molecular formula is C12H15ClFNO2. The molecule has 3 nitrogen and oxygen atoms in total. The Morgan fingerprint density at radius 3 is 2.71 bits per heavy atom. The van der Waals surface area contributed by atoms with Gasteiger partial charge in [0.1, 0.15) is 18.0 Å². The van der Waals surface area contributed by atoms with Crippen LogP contribution in [0.1, 0.15) is 20.8 Å². The molecule has 0 amide bonds. The average Bonchev–Trinajstić information content (AvgIpc) is 2.17. The van der Waals surface area contributed by atoms with Gasteiger partial charge in [-0.2, -0.15) is 0 Å². The highest BCUT2D eigenvalue weighted by Crippen LogP contribution is 2.19. The molecule has 0 unspecified atom stereocenters. The summed E-state index contributed by atoms with van der Waals surface area (Å²) in [6, 6.07) is 4.09. The molecule has 5 heteroatoms. The lowest BCUT2D eigenvalue weighted by molar-refractivity contribution is -0.152. The summed E-state index contributed by atoms with van der Waals surface area (Å²) in [6.45, 7) is 5.20. The minimum Gasteiger partial charge on any atom is -0.459 e. The zero-order valence-electron chi connectivity index (χ0n) is 10.0. The van der Waals surface area contributed by atoms with Gasteiger partial charge < -0.3 is 10.1 Å². The highest BCUT2D eigenvalue weighted by molar-refractivity contribution is 6.30. The van der Waals surface area contributed by atoms with Gasteiger partial charge in [0, 0.05) is 5.02 Å². The zero-order chi connectivity index (χ0) is 13.1. The SMILES string of the molecule is CC(C)(C)OC(=O)CNc1cc(Cl)ccc1F. The van der Waals surface area contributed by atoms with Crippen molar-refractivity contribution in [2.45, 2.75) is 26.4 Å². The second-order valence-electron chi connectivity index (χ2n) is 4.56. The number of ether oxygens (including phenoxy) is 1. The summed E-state index contributed by atoms with van der Waals surface area (Å²) in [4.78, 5) is 11.4. The summed E-state index contributed by atoms with van der Waals surface area (Å²) >= 11 is 5.72. The maximum absolute atomic E-state index is 13.3. The van der Waals surface area contributed by atoms with Gasteiger partial charge in [-0.05, 0) is 39.0 Å². The molecule has 0 atom stereocenters. The summed E-state index contributed by atoms with van der Waals surface area (Å²) < 4.78 is 18.4. The van der Waals surface area contributed by atoms with Crippen LogP contribution in [0.25, 0.3) is 0 Å². The lowest BCUT2D eigenvalue weighted by Gasteiger charge is -2.19. The van der Waals surface area contributed by atoms with Crippen LogP contribution in [-0.4, -0.2) is 18.1 Å². The third kappa shape index (κ3) is 5.04. The Hall–Kier alpha value is -1.29. The van der Waals surface area contributed by atoms with Crippen molar-refractivity contribution >= 4 is 23.3 Å². The predicted octanol–water partition coefficient (Wildman–Crippen LogP) is 3.23. The van der Waals surface area contributed by atoms with Crippen LogP contribution in [0.4, 0.5) is 10.1 Å². The van der Waals surface area contributed by atoms with E-state index >= 15 is 0 Å². The molecular weight excluding hydrogens is 245 g/mol. The van der Waals surface area contributed by atoms with E-state index in [2.05, 4.69) is 5.32 Å². The van der Waals surface area contributed by atoms with E-state index in [1.807, 2.05) is 0 Å². The molecule has 1 N–H and O–H groups in total. The van der Waals surface area contributed by atoms with E-state index in [1.54, 1.807) is 20.8 Å². The first-order valence-electron chi connectivity index (χ1n) is 5.19. The Labute approximate surface area is 105 Å². The molecule has 1 rings (SSSR count).